The second kappa shape index (κ2) is 7.41. The highest BCUT2D eigenvalue weighted by Gasteiger charge is 2.13. The third-order valence-electron chi connectivity index (χ3n) is 2.63. The van der Waals surface area contributed by atoms with Gasteiger partial charge in [0.2, 0.25) is 0 Å². The third kappa shape index (κ3) is 4.68. The molecule has 0 radical (unpaired) electrons. The molecule has 3 nitrogen and oxygen atoms in total. The first-order valence-electron chi connectivity index (χ1n) is 5.94. The van der Waals surface area contributed by atoms with E-state index < -0.39 is 17.7 Å². The summed E-state index contributed by atoms with van der Waals surface area (Å²) in [6.45, 7) is 4.17. The highest BCUT2D eigenvalue weighted by Crippen LogP contribution is 2.16. The van der Waals surface area contributed by atoms with Gasteiger partial charge in [-0.05, 0) is 31.7 Å². The molecule has 0 heterocycles. The van der Waals surface area contributed by atoms with Crippen molar-refractivity contribution in [1.29, 1.82) is 0 Å². The zero-order chi connectivity index (χ0) is 13.5. The molecule has 0 saturated carbocycles. The number of rotatable bonds is 7. The monoisotopic (exact) mass is 259 g/mol. The fourth-order valence-corrected chi connectivity index (χ4v) is 1.58. The summed E-state index contributed by atoms with van der Waals surface area (Å²) in [5.41, 5.74) is 0.372. The van der Waals surface area contributed by atoms with E-state index in [1.807, 2.05) is 18.9 Å². The molecule has 0 aromatic heterocycles. The zero-order valence-corrected chi connectivity index (χ0v) is 10.7. The van der Waals surface area contributed by atoms with Crippen LogP contribution in [0.2, 0.25) is 0 Å². The van der Waals surface area contributed by atoms with Crippen LogP contribution in [0.4, 0.5) is 8.78 Å². The number of hydrogen-bond acceptors (Lipinski definition) is 3. The molecule has 0 aliphatic heterocycles. The molecule has 102 valence electrons. The van der Waals surface area contributed by atoms with E-state index in [1.54, 1.807) is 0 Å². The lowest BCUT2D eigenvalue weighted by atomic mass is 10.1. The second-order valence-electron chi connectivity index (χ2n) is 4.15. The fraction of sp³-hybridized carbons (Fsp3) is 0.538. The predicted octanol–water partition coefficient (Wildman–Crippen LogP) is 1.97. The molecule has 0 spiro atoms. The van der Waals surface area contributed by atoms with Gasteiger partial charge in [-0.25, -0.2) is 8.78 Å². The van der Waals surface area contributed by atoms with Gasteiger partial charge in [-0.3, -0.25) is 0 Å². The Labute approximate surface area is 106 Å². The lowest BCUT2D eigenvalue weighted by molar-refractivity contribution is 0.0889. The number of benzene rings is 1. The molecular formula is C13H19F2NO2. The molecular weight excluding hydrogens is 240 g/mol. The number of nitrogens with zero attached hydrogens (tertiary/aromatic N) is 1. The van der Waals surface area contributed by atoms with Crippen molar-refractivity contribution in [2.24, 2.45) is 0 Å². The van der Waals surface area contributed by atoms with Gasteiger partial charge in [0.25, 0.3) is 0 Å². The lowest BCUT2D eigenvalue weighted by Gasteiger charge is -2.20. The molecule has 1 N–H and O–H groups in total. The molecule has 1 unspecified atom stereocenters. The molecule has 1 aromatic rings. The summed E-state index contributed by atoms with van der Waals surface area (Å²) >= 11 is 0. The van der Waals surface area contributed by atoms with E-state index in [1.165, 1.54) is 6.07 Å². The third-order valence-corrected chi connectivity index (χ3v) is 2.63. The molecule has 0 saturated heterocycles. The fourth-order valence-electron chi connectivity index (χ4n) is 1.58. The summed E-state index contributed by atoms with van der Waals surface area (Å²) < 4.78 is 30.9. The molecule has 0 aliphatic carbocycles. The summed E-state index contributed by atoms with van der Waals surface area (Å²) in [5, 5.41) is 9.89. The van der Waals surface area contributed by atoms with Gasteiger partial charge in [0, 0.05) is 19.7 Å². The Bertz CT molecular complexity index is 374. The molecule has 0 aliphatic rings. The Morgan fingerprint density at radius 3 is 2.67 bits per heavy atom. The highest BCUT2D eigenvalue weighted by molar-refractivity contribution is 5.20. The SMILES string of the molecule is CCOCCN(C)CC(O)c1ccc(F)c(F)c1. The first kappa shape index (κ1) is 15.0. The summed E-state index contributed by atoms with van der Waals surface area (Å²) in [5.74, 6) is -1.85. The average molecular weight is 259 g/mol. The van der Waals surface area contributed by atoms with Crippen molar-refractivity contribution in [3.8, 4) is 0 Å². The minimum Gasteiger partial charge on any atom is -0.387 e. The highest BCUT2D eigenvalue weighted by atomic mass is 19.2. The Balaban J connectivity index is 2.48. The van der Waals surface area contributed by atoms with E-state index in [-0.39, 0.29) is 0 Å². The minimum atomic E-state index is -0.941. The van der Waals surface area contributed by atoms with Gasteiger partial charge in [0.05, 0.1) is 12.7 Å². The normalized spacial score (nSPS) is 13.0. The Morgan fingerprint density at radius 2 is 2.06 bits per heavy atom. The van der Waals surface area contributed by atoms with Gasteiger partial charge < -0.3 is 14.7 Å². The van der Waals surface area contributed by atoms with Crippen molar-refractivity contribution in [2.45, 2.75) is 13.0 Å². The average Bonchev–Trinajstić information content (AvgIpc) is 2.33. The molecule has 1 rings (SSSR count). The smallest absolute Gasteiger partial charge is 0.159 e. The van der Waals surface area contributed by atoms with E-state index in [4.69, 9.17) is 4.74 Å². The standard InChI is InChI=1S/C13H19F2NO2/c1-3-18-7-6-16(2)9-13(17)10-4-5-11(14)12(15)8-10/h4-5,8,13,17H,3,6-7,9H2,1-2H3. The van der Waals surface area contributed by atoms with Crippen LogP contribution in [-0.4, -0.2) is 43.4 Å². The van der Waals surface area contributed by atoms with Gasteiger partial charge in [0.1, 0.15) is 0 Å². The Hall–Kier alpha value is -1.04. The summed E-state index contributed by atoms with van der Waals surface area (Å²) in [6.07, 6.45) is -0.841. The van der Waals surface area contributed by atoms with Crippen molar-refractivity contribution in [3.63, 3.8) is 0 Å². The van der Waals surface area contributed by atoms with Crippen molar-refractivity contribution in [3.05, 3.63) is 35.4 Å². The number of halogens is 2. The summed E-state index contributed by atoms with van der Waals surface area (Å²) in [7, 11) is 1.84. The van der Waals surface area contributed by atoms with Gasteiger partial charge in [-0.2, -0.15) is 0 Å². The zero-order valence-electron chi connectivity index (χ0n) is 10.7. The largest absolute Gasteiger partial charge is 0.387 e. The van der Waals surface area contributed by atoms with Crippen molar-refractivity contribution in [1.82, 2.24) is 4.90 Å². The van der Waals surface area contributed by atoms with E-state index in [0.29, 0.717) is 31.9 Å². The van der Waals surface area contributed by atoms with Crippen molar-refractivity contribution < 1.29 is 18.6 Å². The van der Waals surface area contributed by atoms with Crippen molar-refractivity contribution in [2.75, 3.05) is 33.4 Å². The first-order valence-corrected chi connectivity index (χ1v) is 5.94. The molecule has 0 bridgehead atoms. The maximum Gasteiger partial charge on any atom is 0.159 e. The Morgan fingerprint density at radius 1 is 1.33 bits per heavy atom. The quantitative estimate of drug-likeness (QED) is 0.760. The van der Waals surface area contributed by atoms with Gasteiger partial charge in [-0.1, -0.05) is 6.07 Å². The van der Waals surface area contributed by atoms with Crippen LogP contribution in [0.5, 0.6) is 0 Å². The van der Waals surface area contributed by atoms with Crippen LogP contribution >= 0.6 is 0 Å². The summed E-state index contributed by atoms with van der Waals surface area (Å²) in [4.78, 5) is 1.88. The predicted molar refractivity (Wildman–Crippen MR) is 65.3 cm³/mol. The van der Waals surface area contributed by atoms with Crippen LogP contribution in [-0.2, 0) is 4.74 Å². The number of likely N-dealkylation sites (N-methyl/N-ethyl adjacent to an activating group) is 1. The number of aliphatic hydroxyl groups is 1. The topological polar surface area (TPSA) is 32.7 Å². The van der Waals surface area contributed by atoms with Gasteiger partial charge in [-0.15, -0.1) is 0 Å². The van der Waals surface area contributed by atoms with Crippen LogP contribution in [0.25, 0.3) is 0 Å². The van der Waals surface area contributed by atoms with Gasteiger partial charge in [0.15, 0.2) is 11.6 Å². The Kier molecular flexibility index (Phi) is 6.18. The lowest BCUT2D eigenvalue weighted by Crippen LogP contribution is -2.28. The minimum absolute atomic E-state index is 0.345. The van der Waals surface area contributed by atoms with Crippen LogP contribution in [0.15, 0.2) is 18.2 Å². The molecule has 0 fully saturated rings. The van der Waals surface area contributed by atoms with Crippen LogP contribution < -0.4 is 0 Å². The maximum atomic E-state index is 13.0. The number of hydrogen-bond donors (Lipinski definition) is 1. The van der Waals surface area contributed by atoms with Gasteiger partial charge >= 0.3 is 0 Å². The molecule has 1 aromatic carbocycles. The van der Waals surface area contributed by atoms with Crippen LogP contribution in [0.1, 0.15) is 18.6 Å². The van der Waals surface area contributed by atoms with Crippen LogP contribution in [0.3, 0.4) is 0 Å². The maximum absolute atomic E-state index is 13.0. The van der Waals surface area contributed by atoms with E-state index >= 15 is 0 Å². The number of ether oxygens (including phenoxy) is 1. The molecule has 1 atom stereocenters. The molecule has 0 amide bonds. The molecule has 18 heavy (non-hydrogen) atoms. The van der Waals surface area contributed by atoms with Crippen LogP contribution in [0, 0.1) is 11.6 Å². The van der Waals surface area contributed by atoms with E-state index in [2.05, 4.69) is 0 Å². The number of aliphatic hydroxyl groups excluding tert-OH is 1. The first-order chi connectivity index (χ1) is 8.54. The van der Waals surface area contributed by atoms with Crippen molar-refractivity contribution >= 4 is 0 Å². The summed E-state index contributed by atoms with van der Waals surface area (Å²) in [6, 6.07) is 3.43. The van der Waals surface area contributed by atoms with E-state index in [0.717, 1.165) is 12.1 Å². The van der Waals surface area contributed by atoms with E-state index in [9.17, 15) is 13.9 Å². The molecule has 5 heteroatoms. The second-order valence-corrected chi connectivity index (χ2v) is 4.15.